The topological polar surface area (TPSA) is 20.3 Å². The predicted molar refractivity (Wildman–Crippen MR) is 54.7 cm³/mol. The molecule has 1 amide bonds. The van der Waals surface area contributed by atoms with E-state index in [2.05, 4.69) is 11.8 Å². The van der Waals surface area contributed by atoms with E-state index in [1.807, 2.05) is 0 Å². The van der Waals surface area contributed by atoms with Crippen molar-refractivity contribution in [1.29, 1.82) is 0 Å². The van der Waals surface area contributed by atoms with Crippen molar-refractivity contribution in [3.05, 3.63) is 0 Å². The molecule has 0 aromatic heterocycles. The molecule has 2 heteroatoms. The minimum atomic E-state index is 0.396. The molecule has 0 spiro atoms. The summed E-state index contributed by atoms with van der Waals surface area (Å²) in [6.45, 7) is 4.33. The van der Waals surface area contributed by atoms with E-state index in [0.717, 1.165) is 31.3 Å². The summed E-state index contributed by atoms with van der Waals surface area (Å²) in [5.74, 6) is 3.21. The van der Waals surface area contributed by atoms with Crippen LogP contribution in [0.1, 0.15) is 32.6 Å². The Kier molecular flexibility index (Phi) is 1.86. The SMILES string of the molecule is CC1CC1C(=O)N1C[C@@H]2CC[C@@H](C2)C1. The Morgan fingerprint density at radius 3 is 2.21 bits per heavy atom. The number of amides is 1. The first kappa shape index (κ1) is 8.75. The molecule has 1 saturated heterocycles. The van der Waals surface area contributed by atoms with Crippen molar-refractivity contribution in [2.45, 2.75) is 32.6 Å². The Hall–Kier alpha value is -0.530. The Bertz CT molecular complexity index is 251. The number of piperidine rings is 1. The summed E-state index contributed by atoms with van der Waals surface area (Å²) >= 11 is 0. The highest BCUT2D eigenvalue weighted by molar-refractivity contribution is 5.81. The predicted octanol–water partition coefficient (Wildman–Crippen LogP) is 1.90. The van der Waals surface area contributed by atoms with Gasteiger partial charge < -0.3 is 4.90 Å². The minimum Gasteiger partial charge on any atom is -0.342 e. The number of hydrogen-bond acceptors (Lipinski definition) is 1. The van der Waals surface area contributed by atoms with Gasteiger partial charge >= 0.3 is 0 Å². The molecular formula is C12H19NO. The van der Waals surface area contributed by atoms with Gasteiger partial charge in [-0.1, -0.05) is 6.92 Å². The average Bonchev–Trinajstić information content (AvgIpc) is 2.82. The Morgan fingerprint density at radius 2 is 1.71 bits per heavy atom. The van der Waals surface area contributed by atoms with Gasteiger partial charge in [0.25, 0.3) is 0 Å². The lowest BCUT2D eigenvalue weighted by Crippen LogP contribution is -2.41. The summed E-state index contributed by atoms with van der Waals surface area (Å²) < 4.78 is 0. The normalized spacial score (nSPS) is 45.4. The Labute approximate surface area is 85.7 Å². The van der Waals surface area contributed by atoms with Crippen molar-refractivity contribution in [2.24, 2.45) is 23.7 Å². The lowest BCUT2D eigenvalue weighted by Gasteiger charge is -2.32. The van der Waals surface area contributed by atoms with Crippen LogP contribution in [0.5, 0.6) is 0 Å². The Balaban J connectivity index is 1.65. The molecule has 2 bridgehead atoms. The quantitative estimate of drug-likeness (QED) is 0.623. The molecule has 4 atom stereocenters. The van der Waals surface area contributed by atoms with Gasteiger partial charge in [0.05, 0.1) is 0 Å². The number of hydrogen-bond donors (Lipinski definition) is 0. The van der Waals surface area contributed by atoms with Gasteiger partial charge in [-0.15, -0.1) is 0 Å². The second-order valence-electron chi connectivity index (χ2n) is 5.61. The fourth-order valence-corrected chi connectivity index (χ4v) is 3.29. The van der Waals surface area contributed by atoms with Crippen molar-refractivity contribution < 1.29 is 4.79 Å². The fourth-order valence-electron chi connectivity index (χ4n) is 3.29. The molecule has 78 valence electrons. The number of likely N-dealkylation sites (tertiary alicyclic amines) is 1. The van der Waals surface area contributed by atoms with Crippen LogP contribution >= 0.6 is 0 Å². The first-order valence-electron chi connectivity index (χ1n) is 6.03. The van der Waals surface area contributed by atoms with E-state index in [9.17, 15) is 4.79 Å². The van der Waals surface area contributed by atoms with E-state index in [1.165, 1.54) is 19.3 Å². The standard InChI is InChI=1S/C12H19NO/c1-8-4-11(8)12(14)13-6-9-2-3-10(5-9)7-13/h8-11H,2-7H2,1H3/t8?,9-,10+,11?. The van der Waals surface area contributed by atoms with Crippen molar-refractivity contribution in [1.82, 2.24) is 4.90 Å². The lowest BCUT2D eigenvalue weighted by atomic mass is 9.98. The smallest absolute Gasteiger partial charge is 0.225 e. The summed E-state index contributed by atoms with van der Waals surface area (Å²) in [5, 5.41) is 0. The minimum absolute atomic E-state index is 0.396. The van der Waals surface area contributed by atoms with Gasteiger partial charge in [0.2, 0.25) is 5.91 Å². The molecule has 3 rings (SSSR count). The largest absolute Gasteiger partial charge is 0.342 e. The third-order valence-electron chi connectivity index (χ3n) is 4.35. The molecule has 2 saturated carbocycles. The third kappa shape index (κ3) is 1.35. The molecular weight excluding hydrogens is 174 g/mol. The maximum Gasteiger partial charge on any atom is 0.225 e. The van der Waals surface area contributed by atoms with E-state index >= 15 is 0 Å². The molecule has 0 radical (unpaired) electrons. The first-order chi connectivity index (χ1) is 6.74. The molecule has 3 fully saturated rings. The van der Waals surface area contributed by atoms with E-state index < -0.39 is 0 Å². The van der Waals surface area contributed by atoms with Gasteiger partial charge in [-0.3, -0.25) is 4.79 Å². The summed E-state index contributed by atoms with van der Waals surface area (Å²) in [7, 11) is 0. The van der Waals surface area contributed by atoms with Gasteiger partial charge in [-0.25, -0.2) is 0 Å². The summed E-state index contributed by atoms with van der Waals surface area (Å²) in [6.07, 6.45) is 5.28. The van der Waals surface area contributed by atoms with E-state index in [0.29, 0.717) is 17.7 Å². The lowest BCUT2D eigenvalue weighted by molar-refractivity contribution is -0.135. The second kappa shape index (κ2) is 2.98. The molecule has 1 aliphatic heterocycles. The first-order valence-corrected chi connectivity index (χ1v) is 6.03. The molecule has 0 aromatic carbocycles. The maximum atomic E-state index is 12.0. The van der Waals surface area contributed by atoms with Crippen LogP contribution in [-0.4, -0.2) is 23.9 Å². The van der Waals surface area contributed by atoms with Crippen LogP contribution in [0.3, 0.4) is 0 Å². The van der Waals surface area contributed by atoms with E-state index in [1.54, 1.807) is 0 Å². The van der Waals surface area contributed by atoms with E-state index in [-0.39, 0.29) is 0 Å². The maximum absolute atomic E-state index is 12.0. The number of nitrogens with zero attached hydrogens (tertiary/aromatic N) is 1. The van der Waals surface area contributed by atoms with Crippen LogP contribution in [0.4, 0.5) is 0 Å². The summed E-state index contributed by atoms with van der Waals surface area (Å²) in [4.78, 5) is 14.2. The number of fused-ring (bicyclic) bond motifs is 2. The van der Waals surface area contributed by atoms with Crippen molar-refractivity contribution in [2.75, 3.05) is 13.1 Å². The summed E-state index contributed by atoms with van der Waals surface area (Å²) in [5.41, 5.74) is 0. The van der Waals surface area contributed by atoms with Gasteiger partial charge in [-0.05, 0) is 43.4 Å². The zero-order valence-electron chi connectivity index (χ0n) is 8.91. The van der Waals surface area contributed by atoms with Crippen molar-refractivity contribution in [3.8, 4) is 0 Å². The van der Waals surface area contributed by atoms with Gasteiger partial charge in [0.15, 0.2) is 0 Å². The molecule has 2 unspecified atom stereocenters. The average molecular weight is 193 g/mol. The van der Waals surface area contributed by atoms with E-state index in [4.69, 9.17) is 0 Å². The molecule has 0 N–H and O–H groups in total. The number of carbonyl (C=O) groups excluding carboxylic acids is 1. The van der Waals surface area contributed by atoms with Crippen LogP contribution in [-0.2, 0) is 4.79 Å². The molecule has 1 heterocycles. The summed E-state index contributed by atoms with van der Waals surface area (Å²) in [6, 6.07) is 0. The molecule has 2 nitrogen and oxygen atoms in total. The third-order valence-corrected chi connectivity index (χ3v) is 4.35. The fraction of sp³-hybridized carbons (Fsp3) is 0.917. The zero-order valence-corrected chi connectivity index (χ0v) is 8.91. The van der Waals surface area contributed by atoms with Crippen LogP contribution in [0.25, 0.3) is 0 Å². The highest BCUT2D eigenvalue weighted by atomic mass is 16.2. The molecule has 14 heavy (non-hydrogen) atoms. The van der Waals surface area contributed by atoms with Gasteiger partial charge in [-0.2, -0.15) is 0 Å². The van der Waals surface area contributed by atoms with Gasteiger partial charge in [0.1, 0.15) is 0 Å². The Morgan fingerprint density at radius 1 is 1.14 bits per heavy atom. The van der Waals surface area contributed by atoms with Crippen LogP contribution in [0, 0.1) is 23.7 Å². The number of rotatable bonds is 1. The number of carbonyl (C=O) groups is 1. The zero-order chi connectivity index (χ0) is 9.71. The van der Waals surface area contributed by atoms with Crippen LogP contribution in [0.2, 0.25) is 0 Å². The van der Waals surface area contributed by atoms with Crippen molar-refractivity contribution >= 4 is 5.91 Å². The molecule has 0 aromatic rings. The van der Waals surface area contributed by atoms with Crippen LogP contribution in [0.15, 0.2) is 0 Å². The highest BCUT2D eigenvalue weighted by Gasteiger charge is 2.44. The van der Waals surface area contributed by atoms with Crippen molar-refractivity contribution in [3.63, 3.8) is 0 Å². The van der Waals surface area contributed by atoms with Crippen LogP contribution < -0.4 is 0 Å². The van der Waals surface area contributed by atoms with Gasteiger partial charge in [0, 0.05) is 19.0 Å². The molecule has 3 aliphatic rings. The monoisotopic (exact) mass is 193 g/mol. The highest BCUT2D eigenvalue weighted by Crippen LogP contribution is 2.42. The second-order valence-corrected chi connectivity index (χ2v) is 5.61. The molecule has 2 aliphatic carbocycles.